The van der Waals surface area contributed by atoms with E-state index in [1.165, 1.54) is 128 Å². The Bertz CT molecular complexity index is 324. The first-order valence-electron chi connectivity index (χ1n) is 13.0. The van der Waals surface area contributed by atoms with Crippen molar-refractivity contribution in [1.29, 1.82) is 0 Å². The minimum atomic E-state index is 0. The van der Waals surface area contributed by atoms with Gasteiger partial charge in [0.2, 0.25) is 0 Å². The molecule has 2 N–H and O–H groups in total. The molecule has 0 aromatic rings. The van der Waals surface area contributed by atoms with Crippen molar-refractivity contribution in [3.8, 4) is 0 Å². The third-order valence-corrected chi connectivity index (χ3v) is 7.15. The molecule has 2 heteroatoms. The van der Waals surface area contributed by atoms with E-state index >= 15 is 0 Å². The molecule has 0 aliphatic carbocycles. The summed E-state index contributed by atoms with van der Waals surface area (Å²) in [6.07, 6.45) is 30.0. The first kappa shape index (κ1) is 31.2. The average molecular weight is 430 g/mol. The van der Waals surface area contributed by atoms with E-state index in [2.05, 4.69) is 27.4 Å². The Morgan fingerprint density at radius 3 is 1.21 bits per heavy atom. The van der Waals surface area contributed by atoms with Gasteiger partial charge in [-0.05, 0) is 24.7 Å². The van der Waals surface area contributed by atoms with Gasteiger partial charge < -0.3 is 5.73 Å². The van der Waals surface area contributed by atoms with Crippen LogP contribution in [0.2, 0.25) is 0 Å². The van der Waals surface area contributed by atoms with Crippen molar-refractivity contribution in [3.63, 3.8) is 0 Å². The molecule has 0 aromatic carbocycles. The lowest BCUT2D eigenvalue weighted by atomic mass is 9.72. The number of rotatable bonds is 22. The summed E-state index contributed by atoms with van der Waals surface area (Å²) < 4.78 is 0. The highest BCUT2D eigenvalue weighted by Gasteiger charge is 2.30. The molecule has 1 unspecified atom stereocenters. The summed E-state index contributed by atoms with van der Waals surface area (Å²) in [4.78, 5) is 0. The van der Waals surface area contributed by atoms with E-state index in [0.717, 1.165) is 0 Å². The number of halogens is 1. The third-order valence-electron chi connectivity index (χ3n) is 7.15. The number of hydrogen-bond acceptors (Lipinski definition) is 1. The zero-order chi connectivity index (χ0) is 20.9. The Hall–Kier alpha value is -0.0100. The maximum atomic E-state index is 6.33. The molecule has 0 aliphatic rings. The molecule has 0 fully saturated rings. The highest BCUT2D eigenvalue weighted by Crippen LogP contribution is 2.36. The fourth-order valence-electron chi connectivity index (χ4n) is 4.69. The van der Waals surface area contributed by atoms with Gasteiger partial charge in [0.25, 0.3) is 0 Å². The Morgan fingerprint density at radius 2 is 0.931 bits per heavy atom. The molecule has 0 aromatic heterocycles. The van der Waals surface area contributed by atoms with Crippen LogP contribution in [-0.2, 0) is 0 Å². The van der Waals surface area contributed by atoms with Crippen LogP contribution in [0, 0.1) is 5.41 Å². The van der Waals surface area contributed by atoms with E-state index in [1.807, 2.05) is 6.08 Å². The van der Waals surface area contributed by atoms with Gasteiger partial charge in [-0.25, -0.2) is 0 Å². The predicted octanol–water partition coefficient (Wildman–Crippen LogP) is 9.77. The van der Waals surface area contributed by atoms with Crippen molar-refractivity contribution in [3.05, 3.63) is 12.7 Å². The summed E-state index contributed by atoms with van der Waals surface area (Å²) >= 11 is 0. The van der Waals surface area contributed by atoms with Crippen molar-refractivity contribution in [2.45, 2.75) is 155 Å². The van der Waals surface area contributed by atoms with Gasteiger partial charge >= 0.3 is 0 Å². The van der Waals surface area contributed by atoms with Crippen LogP contribution in [0.25, 0.3) is 0 Å². The van der Waals surface area contributed by atoms with E-state index in [0.29, 0.717) is 0 Å². The summed E-state index contributed by atoms with van der Waals surface area (Å²) in [5.74, 6) is 0. The normalized spacial score (nSPS) is 12.6. The van der Waals surface area contributed by atoms with Crippen LogP contribution < -0.4 is 5.73 Å². The van der Waals surface area contributed by atoms with E-state index < -0.39 is 0 Å². The second kappa shape index (κ2) is 22.7. The van der Waals surface area contributed by atoms with E-state index in [4.69, 9.17) is 5.73 Å². The van der Waals surface area contributed by atoms with Gasteiger partial charge in [0.15, 0.2) is 0 Å². The predicted molar refractivity (Wildman–Crippen MR) is 137 cm³/mol. The van der Waals surface area contributed by atoms with Crippen molar-refractivity contribution >= 4 is 12.4 Å². The molecule has 0 bridgehead atoms. The van der Waals surface area contributed by atoms with Gasteiger partial charge in [-0.2, -0.15) is 0 Å². The molecule has 1 atom stereocenters. The molecule has 0 saturated carbocycles. The molecular weight excluding hydrogens is 374 g/mol. The Morgan fingerprint density at radius 1 is 0.621 bits per heavy atom. The van der Waals surface area contributed by atoms with Gasteiger partial charge in [-0.1, -0.05) is 136 Å². The van der Waals surface area contributed by atoms with E-state index in [1.54, 1.807) is 0 Å². The molecular formula is C27H56ClN. The first-order chi connectivity index (χ1) is 13.7. The summed E-state index contributed by atoms with van der Waals surface area (Å²) in [6.45, 7) is 10.8. The SMILES string of the molecule is C=CC(N)C(CC)(CC)CCCCCCCCCCCCCCCCCCC.Cl. The summed E-state index contributed by atoms with van der Waals surface area (Å²) in [6, 6.07) is 0.156. The quantitative estimate of drug-likeness (QED) is 0.134. The number of nitrogens with two attached hydrogens (primary N) is 1. The largest absolute Gasteiger partial charge is 0.324 e. The highest BCUT2D eigenvalue weighted by atomic mass is 35.5. The number of hydrogen-bond donors (Lipinski definition) is 1. The summed E-state index contributed by atoms with van der Waals surface area (Å²) in [5.41, 5.74) is 6.62. The minimum absolute atomic E-state index is 0. The lowest BCUT2D eigenvalue weighted by molar-refractivity contribution is 0.203. The van der Waals surface area contributed by atoms with E-state index in [9.17, 15) is 0 Å². The van der Waals surface area contributed by atoms with Crippen molar-refractivity contribution in [2.75, 3.05) is 0 Å². The smallest absolute Gasteiger partial charge is 0.0278 e. The van der Waals surface area contributed by atoms with E-state index in [-0.39, 0.29) is 23.9 Å². The second-order valence-electron chi connectivity index (χ2n) is 9.24. The molecule has 0 rings (SSSR count). The first-order valence-corrected chi connectivity index (χ1v) is 13.0. The van der Waals surface area contributed by atoms with Gasteiger partial charge in [0.1, 0.15) is 0 Å². The van der Waals surface area contributed by atoms with Crippen molar-refractivity contribution < 1.29 is 0 Å². The van der Waals surface area contributed by atoms with Crippen LogP contribution in [0.1, 0.15) is 149 Å². The van der Waals surface area contributed by atoms with Crippen LogP contribution in [-0.4, -0.2) is 6.04 Å². The molecule has 176 valence electrons. The number of unbranched alkanes of at least 4 members (excludes halogenated alkanes) is 16. The van der Waals surface area contributed by atoms with Gasteiger partial charge in [-0.3, -0.25) is 0 Å². The molecule has 0 spiro atoms. The average Bonchev–Trinajstić information content (AvgIpc) is 2.73. The highest BCUT2D eigenvalue weighted by molar-refractivity contribution is 5.85. The Kier molecular flexibility index (Phi) is 24.4. The van der Waals surface area contributed by atoms with Gasteiger partial charge in [-0.15, -0.1) is 19.0 Å². The molecule has 0 amide bonds. The fourth-order valence-corrected chi connectivity index (χ4v) is 4.69. The van der Waals surface area contributed by atoms with Crippen LogP contribution in [0.3, 0.4) is 0 Å². The third kappa shape index (κ3) is 16.4. The van der Waals surface area contributed by atoms with Crippen LogP contribution in [0.15, 0.2) is 12.7 Å². The van der Waals surface area contributed by atoms with Crippen molar-refractivity contribution in [2.24, 2.45) is 11.1 Å². The summed E-state index contributed by atoms with van der Waals surface area (Å²) in [5, 5.41) is 0. The Balaban J connectivity index is 0. The fraction of sp³-hybridized carbons (Fsp3) is 0.926. The molecule has 0 saturated heterocycles. The zero-order valence-corrected chi connectivity index (χ0v) is 21.3. The van der Waals surface area contributed by atoms with Crippen LogP contribution in [0.5, 0.6) is 0 Å². The topological polar surface area (TPSA) is 26.0 Å². The molecule has 0 heterocycles. The second-order valence-corrected chi connectivity index (χ2v) is 9.24. The van der Waals surface area contributed by atoms with Gasteiger partial charge in [0.05, 0.1) is 0 Å². The molecule has 29 heavy (non-hydrogen) atoms. The van der Waals surface area contributed by atoms with Gasteiger partial charge in [0, 0.05) is 6.04 Å². The standard InChI is InChI=1S/C27H55N.ClH/c1-5-9-10-11-12-13-14-15-16-17-18-19-20-21-22-23-24-25-27(7-3,8-4)26(28)6-2;/h6,26H,2,5,7-25,28H2,1,3-4H3;1H. The Labute approximate surface area is 191 Å². The zero-order valence-electron chi connectivity index (χ0n) is 20.5. The van der Waals surface area contributed by atoms with Crippen LogP contribution in [0.4, 0.5) is 0 Å². The molecule has 0 aliphatic heterocycles. The molecule has 1 nitrogen and oxygen atoms in total. The molecule has 0 radical (unpaired) electrons. The lowest BCUT2D eigenvalue weighted by Gasteiger charge is -2.36. The monoisotopic (exact) mass is 429 g/mol. The summed E-state index contributed by atoms with van der Waals surface area (Å²) in [7, 11) is 0. The maximum absolute atomic E-state index is 6.33. The lowest BCUT2D eigenvalue weighted by Crippen LogP contribution is -2.39. The van der Waals surface area contributed by atoms with Crippen LogP contribution >= 0.6 is 12.4 Å². The minimum Gasteiger partial charge on any atom is -0.324 e. The maximum Gasteiger partial charge on any atom is 0.0278 e. The van der Waals surface area contributed by atoms with Crippen molar-refractivity contribution in [1.82, 2.24) is 0 Å².